The van der Waals surface area contributed by atoms with Crippen molar-refractivity contribution in [1.82, 2.24) is 0 Å². The molecular formula is C17H21BrO3. The molecule has 0 radical (unpaired) electrons. The van der Waals surface area contributed by atoms with Crippen LogP contribution < -0.4 is 0 Å². The SMILES string of the molecule is CCc1cc(Br)ccc1C1C(=O)C(C)(C)OC(C)(C)C1=O. The summed E-state index contributed by atoms with van der Waals surface area (Å²) < 4.78 is 6.68. The summed E-state index contributed by atoms with van der Waals surface area (Å²) >= 11 is 3.44. The molecule has 1 heterocycles. The number of Topliss-reactive ketones (excluding diaryl/α,β-unsaturated/α-hetero) is 2. The van der Waals surface area contributed by atoms with Gasteiger partial charge in [0.05, 0.1) is 0 Å². The largest absolute Gasteiger partial charge is 0.354 e. The van der Waals surface area contributed by atoms with Crippen LogP contribution in [0.15, 0.2) is 22.7 Å². The highest BCUT2D eigenvalue weighted by Gasteiger charge is 2.53. The van der Waals surface area contributed by atoms with Crippen LogP contribution in [0.4, 0.5) is 0 Å². The lowest BCUT2D eigenvalue weighted by molar-refractivity contribution is -0.184. The summed E-state index contributed by atoms with van der Waals surface area (Å²) in [7, 11) is 0. The highest BCUT2D eigenvalue weighted by atomic mass is 79.9. The van der Waals surface area contributed by atoms with Crippen LogP contribution in [-0.2, 0) is 20.7 Å². The molecule has 0 unspecified atom stereocenters. The molecular weight excluding hydrogens is 332 g/mol. The van der Waals surface area contributed by atoms with E-state index in [4.69, 9.17) is 4.74 Å². The van der Waals surface area contributed by atoms with E-state index >= 15 is 0 Å². The monoisotopic (exact) mass is 352 g/mol. The van der Waals surface area contributed by atoms with E-state index in [0.29, 0.717) is 0 Å². The van der Waals surface area contributed by atoms with Gasteiger partial charge in [-0.1, -0.05) is 28.9 Å². The van der Waals surface area contributed by atoms with E-state index in [1.165, 1.54) is 0 Å². The third kappa shape index (κ3) is 2.84. The van der Waals surface area contributed by atoms with E-state index in [9.17, 15) is 9.59 Å². The van der Waals surface area contributed by atoms with Gasteiger partial charge in [-0.25, -0.2) is 0 Å². The van der Waals surface area contributed by atoms with Gasteiger partial charge in [-0.05, 0) is 57.4 Å². The molecule has 2 rings (SSSR count). The van der Waals surface area contributed by atoms with Crippen molar-refractivity contribution in [1.29, 1.82) is 0 Å². The van der Waals surface area contributed by atoms with Gasteiger partial charge >= 0.3 is 0 Å². The highest BCUT2D eigenvalue weighted by Crippen LogP contribution is 2.39. The minimum Gasteiger partial charge on any atom is -0.354 e. The van der Waals surface area contributed by atoms with E-state index in [0.717, 1.165) is 22.0 Å². The van der Waals surface area contributed by atoms with Crippen LogP contribution in [0.2, 0.25) is 0 Å². The molecule has 0 aromatic heterocycles. The lowest BCUT2D eigenvalue weighted by Crippen LogP contribution is -2.58. The van der Waals surface area contributed by atoms with Gasteiger partial charge in [0.1, 0.15) is 17.1 Å². The maximum absolute atomic E-state index is 12.7. The molecule has 0 saturated carbocycles. The predicted octanol–water partition coefficient (Wildman–Crippen LogP) is 3.82. The zero-order valence-corrected chi connectivity index (χ0v) is 14.7. The van der Waals surface area contributed by atoms with Gasteiger partial charge in [-0.15, -0.1) is 0 Å². The van der Waals surface area contributed by atoms with Gasteiger partial charge in [0.2, 0.25) is 0 Å². The molecule has 1 fully saturated rings. The minimum atomic E-state index is -0.958. The Kier molecular flexibility index (Phi) is 4.15. The topological polar surface area (TPSA) is 43.4 Å². The fourth-order valence-electron chi connectivity index (χ4n) is 3.00. The lowest BCUT2D eigenvalue weighted by atomic mass is 9.74. The number of benzene rings is 1. The van der Waals surface area contributed by atoms with Crippen LogP contribution >= 0.6 is 15.9 Å². The summed E-state index contributed by atoms with van der Waals surface area (Å²) in [6, 6.07) is 5.73. The predicted molar refractivity (Wildman–Crippen MR) is 85.5 cm³/mol. The molecule has 0 aliphatic carbocycles. The third-order valence-electron chi connectivity index (χ3n) is 4.02. The summed E-state index contributed by atoms with van der Waals surface area (Å²) in [5.41, 5.74) is -0.0925. The Morgan fingerprint density at radius 1 is 1.10 bits per heavy atom. The number of rotatable bonds is 2. The molecule has 1 aromatic rings. The first-order valence-corrected chi connectivity index (χ1v) is 7.96. The summed E-state index contributed by atoms with van der Waals surface area (Å²) in [5.74, 6) is -1.07. The Bertz CT molecular complexity index is 576. The number of aryl methyl sites for hydroxylation is 1. The number of ketones is 2. The maximum atomic E-state index is 12.7. The zero-order chi connectivity index (χ0) is 16.0. The Morgan fingerprint density at radius 2 is 1.62 bits per heavy atom. The van der Waals surface area contributed by atoms with Gasteiger partial charge in [-0.3, -0.25) is 9.59 Å². The third-order valence-corrected chi connectivity index (χ3v) is 4.51. The molecule has 0 atom stereocenters. The van der Waals surface area contributed by atoms with Crippen LogP contribution in [0.25, 0.3) is 0 Å². The smallest absolute Gasteiger partial charge is 0.179 e. The molecule has 0 spiro atoms. The quantitative estimate of drug-likeness (QED) is 0.759. The normalized spacial score (nSPS) is 21.6. The second-order valence-corrected chi connectivity index (χ2v) is 7.40. The molecule has 0 bridgehead atoms. The van der Waals surface area contributed by atoms with Crippen LogP contribution in [-0.4, -0.2) is 22.8 Å². The molecule has 1 aromatic carbocycles. The van der Waals surface area contributed by atoms with Crippen molar-refractivity contribution >= 4 is 27.5 Å². The standard InChI is InChI=1S/C17H21BrO3/c1-6-10-9-11(18)7-8-12(10)13-14(19)16(2,3)21-17(4,5)15(13)20/h7-9,13H,6H2,1-5H3. The Balaban J connectivity index is 2.60. The van der Waals surface area contributed by atoms with Gasteiger partial charge in [0.15, 0.2) is 11.6 Å². The molecule has 0 N–H and O–H groups in total. The molecule has 1 aliphatic heterocycles. The van der Waals surface area contributed by atoms with Crippen molar-refractivity contribution in [3.63, 3.8) is 0 Å². The number of hydrogen-bond donors (Lipinski definition) is 0. The molecule has 0 amide bonds. The van der Waals surface area contributed by atoms with E-state index < -0.39 is 17.1 Å². The van der Waals surface area contributed by atoms with E-state index in [-0.39, 0.29) is 11.6 Å². The first-order chi connectivity index (χ1) is 9.60. The average Bonchev–Trinajstić information content (AvgIpc) is 2.37. The van der Waals surface area contributed by atoms with Gasteiger partial charge in [0.25, 0.3) is 0 Å². The molecule has 1 saturated heterocycles. The zero-order valence-electron chi connectivity index (χ0n) is 13.1. The van der Waals surface area contributed by atoms with Crippen molar-refractivity contribution in [3.8, 4) is 0 Å². The summed E-state index contributed by atoms with van der Waals surface area (Å²) in [5, 5.41) is 0. The number of carbonyl (C=O) groups is 2. The highest BCUT2D eigenvalue weighted by molar-refractivity contribution is 9.10. The van der Waals surface area contributed by atoms with Crippen LogP contribution in [0, 0.1) is 0 Å². The van der Waals surface area contributed by atoms with Crippen molar-refractivity contribution in [3.05, 3.63) is 33.8 Å². The van der Waals surface area contributed by atoms with Crippen molar-refractivity contribution < 1.29 is 14.3 Å². The van der Waals surface area contributed by atoms with Gasteiger partial charge < -0.3 is 4.74 Å². The minimum absolute atomic E-state index is 0.163. The van der Waals surface area contributed by atoms with E-state index in [1.807, 2.05) is 25.1 Å². The first-order valence-electron chi connectivity index (χ1n) is 7.17. The summed E-state index contributed by atoms with van der Waals surface area (Å²) in [6.45, 7) is 8.97. The maximum Gasteiger partial charge on any atom is 0.179 e. The van der Waals surface area contributed by atoms with Crippen LogP contribution in [0.3, 0.4) is 0 Å². The van der Waals surface area contributed by atoms with Gasteiger partial charge in [-0.2, -0.15) is 0 Å². The van der Waals surface area contributed by atoms with Gasteiger partial charge in [0, 0.05) is 4.47 Å². The number of ether oxygens (including phenoxy) is 1. The Labute approximate surface area is 134 Å². The fraction of sp³-hybridized carbons (Fsp3) is 0.529. The fourth-order valence-corrected chi connectivity index (χ4v) is 3.41. The van der Waals surface area contributed by atoms with Crippen molar-refractivity contribution in [2.75, 3.05) is 0 Å². The number of hydrogen-bond acceptors (Lipinski definition) is 3. The van der Waals surface area contributed by atoms with E-state index in [1.54, 1.807) is 27.7 Å². The molecule has 4 heteroatoms. The average molecular weight is 353 g/mol. The molecule has 1 aliphatic rings. The van der Waals surface area contributed by atoms with E-state index in [2.05, 4.69) is 15.9 Å². The lowest BCUT2D eigenvalue weighted by Gasteiger charge is -2.43. The first kappa shape index (κ1) is 16.4. The Morgan fingerprint density at radius 3 is 2.10 bits per heavy atom. The second kappa shape index (κ2) is 5.33. The Hall–Kier alpha value is -1.00. The molecule has 114 valence electrons. The molecule has 3 nitrogen and oxygen atoms in total. The summed E-state index contributed by atoms with van der Waals surface area (Å²) in [4.78, 5) is 25.5. The van der Waals surface area contributed by atoms with Crippen molar-refractivity contribution in [2.45, 2.75) is 58.2 Å². The molecule has 21 heavy (non-hydrogen) atoms. The second-order valence-electron chi connectivity index (χ2n) is 6.48. The summed E-state index contributed by atoms with van der Waals surface area (Å²) in [6.07, 6.45) is 0.771. The number of carbonyl (C=O) groups excluding carboxylic acids is 2. The van der Waals surface area contributed by atoms with Crippen LogP contribution in [0.1, 0.15) is 51.7 Å². The van der Waals surface area contributed by atoms with Crippen molar-refractivity contribution in [2.24, 2.45) is 0 Å². The van der Waals surface area contributed by atoms with Crippen LogP contribution in [0.5, 0.6) is 0 Å². The number of halogens is 1.